The van der Waals surface area contributed by atoms with Gasteiger partial charge >= 0.3 is 0 Å². The lowest BCUT2D eigenvalue weighted by Crippen LogP contribution is -2.10. The molecule has 0 saturated heterocycles. The van der Waals surface area contributed by atoms with Crippen molar-refractivity contribution in [2.45, 2.75) is 20.3 Å². The minimum atomic E-state index is 0.640. The molecule has 0 aliphatic carbocycles. The van der Waals surface area contributed by atoms with Crippen molar-refractivity contribution in [1.29, 1.82) is 0 Å². The van der Waals surface area contributed by atoms with E-state index in [-0.39, 0.29) is 0 Å². The number of anilines is 1. The first-order valence-corrected chi connectivity index (χ1v) is 7.27. The molecule has 1 aromatic heterocycles. The number of ether oxygens (including phenoxy) is 2. The Labute approximate surface area is 125 Å². The van der Waals surface area contributed by atoms with Crippen molar-refractivity contribution in [2.24, 2.45) is 0 Å². The zero-order valence-corrected chi connectivity index (χ0v) is 12.9. The molecule has 5 heteroatoms. The van der Waals surface area contributed by atoms with Crippen molar-refractivity contribution >= 4 is 5.95 Å². The van der Waals surface area contributed by atoms with Crippen molar-refractivity contribution in [3.63, 3.8) is 0 Å². The van der Waals surface area contributed by atoms with Crippen LogP contribution in [-0.2, 0) is 4.74 Å². The number of para-hydroxylation sites is 2. The van der Waals surface area contributed by atoms with E-state index in [9.17, 15) is 0 Å². The summed E-state index contributed by atoms with van der Waals surface area (Å²) in [5, 5.41) is 3.35. The Morgan fingerprint density at radius 3 is 2.86 bits per heavy atom. The predicted molar refractivity (Wildman–Crippen MR) is 84.5 cm³/mol. The van der Waals surface area contributed by atoms with Crippen LogP contribution < -0.4 is 10.1 Å². The van der Waals surface area contributed by atoms with Crippen molar-refractivity contribution in [3.8, 4) is 11.4 Å². The van der Waals surface area contributed by atoms with E-state index in [2.05, 4.69) is 10.3 Å². The summed E-state index contributed by atoms with van der Waals surface area (Å²) in [5.41, 5.74) is 1.96. The second-order valence-corrected chi connectivity index (χ2v) is 4.75. The summed E-state index contributed by atoms with van der Waals surface area (Å²) in [6.07, 6.45) is 2.95. The monoisotopic (exact) mass is 289 g/mol. The smallest absolute Gasteiger partial charge is 0.207 e. The average molecular weight is 289 g/mol. The third-order valence-corrected chi connectivity index (χ3v) is 3.06. The molecule has 0 saturated carbocycles. The highest BCUT2D eigenvalue weighted by Gasteiger charge is 2.11. The van der Waals surface area contributed by atoms with E-state index in [0.717, 1.165) is 42.7 Å². The molecule has 0 amide bonds. The van der Waals surface area contributed by atoms with Crippen LogP contribution in [0.5, 0.6) is 5.75 Å². The van der Waals surface area contributed by atoms with Crippen LogP contribution in [0.2, 0.25) is 0 Å². The van der Waals surface area contributed by atoms with Gasteiger partial charge in [0.15, 0.2) is 0 Å². The molecule has 0 atom stereocenters. The highest BCUT2D eigenvalue weighted by molar-refractivity contribution is 5.52. The van der Waals surface area contributed by atoms with Gasteiger partial charge in [0.2, 0.25) is 5.95 Å². The zero-order chi connectivity index (χ0) is 15.1. The van der Waals surface area contributed by atoms with Crippen LogP contribution in [0.15, 0.2) is 30.5 Å². The topological polar surface area (TPSA) is 48.3 Å². The maximum atomic E-state index is 5.70. The van der Waals surface area contributed by atoms with E-state index < -0.39 is 0 Å². The van der Waals surface area contributed by atoms with Crippen LogP contribution in [0, 0.1) is 6.92 Å². The molecule has 0 aliphatic heterocycles. The SMILES string of the molecule is CCOc1ccccc1-n1cc(C)nc1NCCCOC. The standard InChI is InChI=1S/C16H23N3O2/c1-4-21-15-9-6-5-8-14(15)19-12-13(2)18-16(19)17-10-7-11-20-3/h5-6,8-9,12H,4,7,10-11H2,1-3H3,(H,17,18). The second kappa shape index (κ2) is 7.69. The molecule has 114 valence electrons. The van der Waals surface area contributed by atoms with Crippen LogP contribution in [0.1, 0.15) is 19.0 Å². The zero-order valence-electron chi connectivity index (χ0n) is 12.9. The van der Waals surface area contributed by atoms with Crippen LogP contribution in [0.25, 0.3) is 5.69 Å². The molecule has 0 fully saturated rings. The number of nitrogens with zero attached hydrogens (tertiary/aromatic N) is 2. The fraction of sp³-hybridized carbons (Fsp3) is 0.438. The van der Waals surface area contributed by atoms with Crippen LogP contribution >= 0.6 is 0 Å². The van der Waals surface area contributed by atoms with Gasteiger partial charge in [0.05, 0.1) is 18.0 Å². The quantitative estimate of drug-likeness (QED) is 0.759. The molecule has 1 heterocycles. The van der Waals surface area contributed by atoms with Crippen molar-refractivity contribution < 1.29 is 9.47 Å². The maximum absolute atomic E-state index is 5.70. The predicted octanol–water partition coefficient (Wildman–Crippen LogP) is 3.03. The number of benzene rings is 1. The normalized spacial score (nSPS) is 10.6. The second-order valence-electron chi connectivity index (χ2n) is 4.75. The van der Waals surface area contributed by atoms with E-state index >= 15 is 0 Å². The van der Waals surface area contributed by atoms with E-state index in [1.54, 1.807) is 7.11 Å². The van der Waals surface area contributed by atoms with Gasteiger partial charge < -0.3 is 14.8 Å². The lowest BCUT2D eigenvalue weighted by molar-refractivity contribution is 0.197. The molecule has 2 rings (SSSR count). The van der Waals surface area contributed by atoms with Gasteiger partial charge in [0.1, 0.15) is 5.75 Å². The maximum Gasteiger partial charge on any atom is 0.207 e. The molecular weight excluding hydrogens is 266 g/mol. The first-order chi connectivity index (χ1) is 10.3. The third kappa shape index (κ3) is 3.98. The molecule has 21 heavy (non-hydrogen) atoms. The first-order valence-electron chi connectivity index (χ1n) is 7.27. The number of methoxy groups -OCH3 is 1. The van der Waals surface area contributed by atoms with Gasteiger partial charge in [-0.1, -0.05) is 12.1 Å². The number of hydrogen-bond donors (Lipinski definition) is 1. The number of nitrogens with one attached hydrogen (secondary N) is 1. The molecule has 1 N–H and O–H groups in total. The minimum absolute atomic E-state index is 0.640. The van der Waals surface area contributed by atoms with Crippen LogP contribution in [0.3, 0.4) is 0 Å². The van der Waals surface area contributed by atoms with Gasteiger partial charge in [0.25, 0.3) is 0 Å². The van der Waals surface area contributed by atoms with E-state index in [4.69, 9.17) is 9.47 Å². The molecule has 0 bridgehead atoms. The lowest BCUT2D eigenvalue weighted by Gasteiger charge is -2.13. The van der Waals surface area contributed by atoms with Crippen LogP contribution in [-0.4, -0.2) is 36.4 Å². The molecular formula is C16H23N3O2. The summed E-state index contributed by atoms with van der Waals surface area (Å²) in [6, 6.07) is 7.99. The van der Waals surface area contributed by atoms with Crippen molar-refractivity contribution in [3.05, 3.63) is 36.2 Å². The summed E-state index contributed by atoms with van der Waals surface area (Å²) in [5.74, 6) is 1.69. The van der Waals surface area contributed by atoms with Crippen molar-refractivity contribution in [2.75, 3.05) is 32.2 Å². The first kappa shape index (κ1) is 15.4. The highest BCUT2D eigenvalue weighted by Crippen LogP contribution is 2.26. The number of aryl methyl sites for hydroxylation is 1. The van der Waals surface area contributed by atoms with Gasteiger partial charge in [-0.15, -0.1) is 0 Å². The number of imidazole rings is 1. The number of hydrogen-bond acceptors (Lipinski definition) is 4. The Hall–Kier alpha value is -2.01. The number of aromatic nitrogens is 2. The van der Waals surface area contributed by atoms with Gasteiger partial charge in [0, 0.05) is 26.5 Å². The Kier molecular flexibility index (Phi) is 5.63. The van der Waals surface area contributed by atoms with E-state index in [1.165, 1.54) is 0 Å². The van der Waals surface area contributed by atoms with E-state index in [1.807, 2.05) is 48.9 Å². The highest BCUT2D eigenvalue weighted by atomic mass is 16.5. The van der Waals surface area contributed by atoms with E-state index in [0.29, 0.717) is 6.61 Å². The van der Waals surface area contributed by atoms with Crippen molar-refractivity contribution in [1.82, 2.24) is 9.55 Å². The Morgan fingerprint density at radius 1 is 1.29 bits per heavy atom. The Morgan fingerprint density at radius 2 is 2.10 bits per heavy atom. The Bertz CT molecular complexity index is 566. The largest absolute Gasteiger partial charge is 0.492 e. The Balaban J connectivity index is 2.23. The fourth-order valence-electron chi connectivity index (χ4n) is 2.16. The molecule has 2 aromatic rings. The lowest BCUT2D eigenvalue weighted by atomic mass is 10.3. The fourth-order valence-corrected chi connectivity index (χ4v) is 2.16. The van der Waals surface area contributed by atoms with Crippen LogP contribution in [0.4, 0.5) is 5.95 Å². The summed E-state index contributed by atoms with van der Waals surface area (Å²) < 4.78 is 12.8. The van der Waals surface area contributed by atoms with Gasteiger partial charge in [-0.25, -0.2) is 4.98 Å². The van der Waals surface area contributed by atoms with Gasteiger partial charge in [-0.3, -0.25) is 4.57 Å². The summed E-state index contributed by atoms with van der Waals surface area (Å²) in [4.78, 5) is 4.54. The molecule has 0 spiro atoms. The molecule has 5 nitrogen and oxygen atoms in total. The molecule has 0 radical (unpaired) electrons. The minimum Gasteiger partial charge on any atom is -0.492 e. The van der Waals surface area contributed by atoms with Gasteiger partial charge in [-0.2, -0.15) is 0 Å². The van der Waals surface area contributed by atoms with Gasteiger partial charge in [-0.05, 0) is 32.4 Å². The average Bonchev–Trinajstić information content (AvgIpc) is 2.85. The summed E-state index contributed by atoms with van der Waals surface area (Å²) in [6.45, 7) is 6.17. The summed E-state index contributed by atoms with van der Waals surface area (Å²) >= 11 is 0. The molecule has 1 aromatic carbocycles. The number of rotatable bonds is 8. The molecule has 0 unspecified atom stereocenters. The molecule has 0 aliphatic rings. The third-order valence-electron chi connectivity index (χ3n) is 3.06. The summed E-state index contributed by atoms with van der Waals surface area (Å²) in [7, 11) is 1.71.